The molecule has 2 heterocycles. The molecule has 1 aromatic rings. The van der Waals surface area contributed by atoms with Gasteiger partial charge in [-0.05, 0) is 38.9 Å². The van der Waals surface area contributed by atoms with E-state index in [1.807, 2.05) is 0 Å². The summed E-state index contributed by atoms with van der Waals surface area (Å²) < 4.78 is 0. The van der Waals surface area contributed by atoms with Crippen molar-refractivity contribution in [1.82, 2.24) is 14.9 Å². The van der Waals surface area contributed by atoms with Crippen molar-refractivity contribution in [2.75, 3.05) is 20.1 Å². The molecule has 2 rings (SSSR count). The van der Waals surface area contributed by atoms with Gasteiger partial charge in [0.25, 0.3) is 0 Å². The van der Waals surface area contributed by atoms with Crippen LogP contribution in [0.1, 0.15) is 31.0 Å². The van der Waals surface area contributed by atoms with Crippen LogP contribution in [0, 0.1) is 5.92 Å². The maximum Gasteiger partial charge on any atom is 0.304 e. The van der Waals surface area contributed by atoms with Gasteiger partial charge in [0, 0.05) is 18.3 Å². The number of nitrogens with one attached hydrogen (secondary N) is 1. The Morgan fingerprint density at radius 1 is 1.65 bits per heavy atom. The molecule has 0 saturated carbocycles. The van der Waals surface area contributed by atoms with Gasteiger partial charge in [-0.1, -0.05) is 0 Å². The second-order valence-corrected chi connectivity index (χ2v) is 4.82. The maximum atomic E-state index is 11.0. The SMILES string of the molecule is CN1CCC(C(CC(=O)O)c2ncc[nH]2)CC1. The summed E-state index contributed by atoms with van der Waals surface area (Å²) in [5.41, 5.74) is 0. The molecule has 5 nitrogen and oxygen atoms in total. The summed E-state index contributed by atoms with van der Waals surface area (Å²) in [5, 5.41) is 9.01. The van der Waals surface area contributed by atoms with E-state index < -0.39 is 5.97 Å². The summed E-state index contributed by atoms with van der Waals surface area (Å²) in [7, 11) is 2.11. The van der Waals surface area contributed by atoms with Crippen LogP contribution in [0.25, 0.3) is 0 Å². The number of H-pyrrole nitrogens is 1. The first-order valence-electron chi connectivity index (χ1n) is 6.06. The number of aromatic amines is 1. The standard InChI is InChI=1S/C12H19N3O2/c1-15-6-2-9(3-7-15)10(8-11(16)17)12-13-4-5-14-12/h4-5,9-10H,2-3,6-8H2,1H3,(H,13,14)(H,16,17). The lowest BCUT2D eigenvalue weighted by Gasteiger charge is -2.32. The molecule has 17 heavy (non-hydrogen) atoms. The summed E-state index contributed by atoms with van der Waals surface area (Å²) in [4.78, 5) is 20.5. The van der Waals surface area contributed by atoms with Gasteiger partial charge >= 0.3 is 5.97 Å². The third kappa shape index (κ3) is 3.06. The second-order valence-electron chi connectivity index (χ2n) is 4.82. The highest BCUT2D eigenvalue weighted by Crippen LogP contribution is 2.33. The molecule has 1 saturated heterocycles. The van der Waals surface area contributed by atoms with Gasteiger partial charge in [0.2, 0.25) is 0 Å². The van der Waals surface area contributed by atoms with E-state index >= 15 is 0 Å². The van der Waals surface area contributed by atoms with E-state index in [2.05, 4.69) is 21.9 Å². The van der Waals surface area contributed by atoms with Gasteiger partial charge in [-0.25, -0.2) is 4.98 Å². The molecule has 0 aromatic carbocycles. The van der Waals surface area contributed by atoms with Crippen LogP contribution in [0.15, 0.2) is 12.4 Å². The zero-order valence-electron chi connectivity index (χ0n) is 10.1. The first kappa shape index (κ1) is 12.1. The molecule has 1 fully saturated rings. The Morgan fingerprint density at radius 2 is 2.35 bits per heavy atom. The minimum atomic E-state index is -0.745. The smallest absolute Gasteiger partial charge is 0.304 e. The van der Waals surface area contributed by atoms with Crippen molar-refractivity contribution in [1.29, 1.82) is 0 Å². The number of aliphatic carboxylic acids is 1. The lowest BCUT2D eigenvalue weighted by atomic mass is 9.82. The zero-order valence-corrected chi connectivity index (χ0v) is 10.1. The molecule has 1 atom stereocenters. The molecule has 0 aliphatic carbocycles. The van der Waals surface area contributed by atoms with E-state index in [9.17, 15) is 4.79 Å². The molecule has 0 spiro atoms. The Kier molecular flexibility index (Phi) is 3.78. The lowest BCUT2D eigenvalue weighted by molar-refractivity contribution is -0.137. The molecular formula is C12H19N3O2. The largest absolute Gasteiger partial charge is 0.481 e. The Labute approximate surface area is 101 Å². The van der Waals surface area contributed by atoms with Crippen molar-refractivity contribution >= 4 is 5.97 Å². The van der Waals surface area contributed by atoms with E-state index in [0.717, 1.165) is 31.8 Å². The van der Waals surface area contributed by atoms with E-state index in [1.165, 1.54) is 0 Å². The fourth-order valence-corrected chi connectivity index (χ4v) is 2.59. The minimum absolute atomic E-state index is 0.0243. The van der Waals surface area contributed by atoms with Crippen LogP contribution in [0.4, 0.5) is 0 Å². The predicted molar refractivity (Wildman–Crippen MR) is 63.8 cm³/mol. The molecule has 0 radical (unpaired) electrons. The van der Waals surface area contributed by atoms with Gasteiger partial charge in [0.15, 0.2) is 0 Å². The summed E-state index contributed by atoms with van der Waals surface area (Å²) >= 11 is 0. The Hall–Kier alpha value is -1.36. The summed E-state index contributed by atoms with van der Waals surface area (Å²) in [6, 6.07) is 0. The zero-order chi connectivity index (χ0) is 12.3. The van der Waals surface area contributed by atoms with Crippen molar-refractivity contribution in [3.05, 3.63) is 18.2 Å². The molecular weight excluding hydrogens is 218 g/mol. The quantitative estimate of drug-likeness (QED) is 0.828. The van der Waals surface area contributed by atoms with Crippen molar-refractivity contribution in [2.24, 2.45) is 5.92 Å². The number of carboxylic acid groups (broad SMARTS) is 1. The molecule has 5 heteroatoms. The number of aromatic nitrogens is 2. The number of piperidine rings is 1. The highest BCUT2D eigenvalue weighted by atomic mass is 16.4. The van der Waals surface area contributed by atoms with Crippen molar-refractivity contribution in [3.63, 3.8) is 0 Å². The maximum absolute atomic E-state index is 11.0. The minimum Gasteiger partial charge on any atom is -0.481 e. The monoisotopic (exact) mass is 237 g/mol. The number of rotatable bonds is 4. The van der Waals surface area contributed by atoms with Crippen LogP contribution >= 0.6 is 0 Å². The van der Waals surface area contributed by atoms with Gasteiger partial charge in [0.1, 0.15) is 5.82 Å². The van der Waals surface area contributed by atoms with Crippen LogP contribution in [-0.4, -0.2) is 46.1 Å². The molecule has 2 N–H and O–H groups in total. The molecule has 94 valence electrons. The van der Waals surface area contributed by atoms with Crippen LogP contribution in [0.2, 0.25) is 0 Å². The number of hydrogen-bond donors (Lipinski definition) is 2. The number of hydrogen-bond acceptors (Lipinski definition) is 3. The van der Waals surface area contributed by atoms with Crippen molar-refractivity contribution in [3.8, 4) is 0 Å². The Bertz CT molecular complexity index is 356. The van der Waals surface area contributed by atoms with Gasteiger partial charge < -0.3 is 15.0 Å². The summed E-state index contributed by atoms with van der Waals surface area (Å²) in [6.45, 7) is 2.09. The lowest BCUT2D eigenvalue weighted by Crippen LogP contribution is -2.33. The number of carboxylic acids is 1. The third-order valence-electron chi connectivity index (χ3n) is 3.60. The highest BCUT2D eigenvalue weighted by molar-refractivity contribution is 5.67. The van der Waals surface area contributed by atoms with Gasteiger partial charge in [-0.15, -0.1) is 0 Å². The highest BCUT2D eigenvalue weighted by Gasteiger charge is 2.29. The number of nitrogens with zero attached hydrogens (tertiary/aromatic N) is 2. The molecule has 1 aliphatic heterocycles. The number of carbonyl (C=O) groups is 1. The fraction of sp³-hybridized carbons (Fsp3) is 0.667. The van der Waals surface area contributed by atoms with Crippen LogP contribution in [0.3, 0.4) is 0 Å². The first-order chi connectivity index (χ1) is 8.16. The average molecular weight is 237 g/mol. The van der Waals surface area contributed by atoms with Gasteiger partial charge in [0.05, 0.1) is 6.42 Å². The molecule has 1 unspecified atom stereocenters. The summed E-state index contributed by atoms with van der Waals surface area (Å²) in [5.74, 6) is 0.525. The van der Waals surface area contributed by atoms with Crippen LogP contribution < -0.4 is 0 Å². The van der Waals surface area contributed by atoms with E-state index in [-0.39, 0.29) is 12.3 Å². The number of imidazole rings is 1. The fourth-order valence-electron chi connectivity index (χ4n) is 2.59. The Balaban J connectivity index is 2.07. The average Bonchev–Trinajstić information content (AvgIpc) is 2.80. The Morgan fingerprint density at radius 3 is 2.88 bits per heavy atom. The van der Waals surface area contributed by atoms with E-state index in [0.29, 0.717) is 5.92 Å². The molecule has 1 aromatic heterocycles. The van der Waals surface area contributed by atoms with Gasteiger partial charge in [-0.2, -0.15) is 0 Å². The first-order valence-corrected chi connectivity index (χ1v) is 6.06. The van der Waals surface area contributed by atoms with E-state index in [1.54, 1.807) is 12.4 Å². The third-order valence-corrected chi connectivity index (χ3v) is 3.60. The molecule has 1 aliphatic rings. The van der Waals surface area contributed by atoms with Crippen molar-refractivity contribution < 1.29 is 9.90 Å². The van der Waals surface area contributed by atoms with Gasteiger partial charge in [-0.3, -0.25) is 4.79 Å². The number of likely N-dealkylation sites (tertiary alicyclic amines) is 1. The molecule has 0 amide bonds. The predicted octanol–water partition coefficient (Wildman–Crippen LogP) is 1.31. The summed E-state index contributed by atoms with van der Waals surface area (Å²) in [6.07, 6.45) is 5.73. The van der Waals surface area contributed by atoms with Crippen LogP contribution in [0.5, 0.6) is 0 Å². The molecule has 0 bridgehead atoms. The van der Waals surface area contributed by atoms with E-state index in [4.69, 9.17) is 5.11 Å². The topological polar surface area (TPSA) is 69.2 Å². The van der Waals surface area contributed by atoms with Crippen LogP contribution in [-0.2, 0) is 4.79 Å². The second kappa shape index (κ2) is 5.31. The normalized spacial score (nSPS) is 20.3. The van der Waals surface area contributed by atoms with Crippen molar-refractivity contribution in [2.45, 2.75) is 25.2 Å².